The summed E-state index contributed by atoms with van der Waals surface area (Å²) in [7, 11) is 0. The van der Waals surface area contributed by atoms with E-state index in [0.29, 0.717) is 0 Å². The molecule has 0 bridgehead atoms. The lowest BCUT2D eigenvalue weighted by atomic mass is 9.81. The molecule has 0 radical (unpaired) electrons. The molecule has 0 atom stereocenters. The normalized spacial score (nSPS) is 22.0. The Balaban J connectivity index is 1.85. The number of hydrogen-bond donors (Lipinski definition) is 2. The van der Waals surface area contributed by atoms with Gasteiger partial charge in [0.25, 0.3) is 0 Å². The Bertz CT molecular complexity index is 430. The molecule has 1 fully saturated rings. The zero-order valence-electron chi connectivity index (χ0n) is 13.2. The van der Waals surface area contributed by atoms with E-state index in [2.05, 4.69) is 50.4 Å². The summed E-state index contributed by atoms with van der Waals surface area (Å²) in [6.07, 6.45) is 9.50. The van der Waals surface area contributed by atoms with Crippen molar-refractivity contribution in [3.8, 4) is 0 Å². The fourth-order valence-electron chi connectivity index (χ4n) is 2.94. The van der Waals surface area contributed by atoms with E-state index in [4.69, 9.17) is 0 Å². The second-order valence-electron chi connectivity index (χ2n) is 5.99. The Morgan fingerprint density at radius 1 is 1.05 bits per heavy atom. The van der Waals surface area contributed by atoms with Crippen LogP contribution in [0.25, 0.3) is 0 Å². The summed E-state index contributed by atoms with van der Waals surface area (Å²) in [6.45, 7) is 6.40. The molecular weight excluding hydrogens is 328 g/mol. The summed E-state index contributed by atoms with van der Waals surface area (Å²) in [4.78, 5) is 8.64. The highest BCUT2D eigenvalue weighted by Crippen LogP contribution is 2.32. The SMILES string of the molecule is CCCNc1ncnc(NCC2CCC(CC)CC2)c1Br. The molecule has 118 valence electrons. The monoisotopic (exact) mass is 354 g/mol. The first-order valence-corrected chi connectivity index (χ1v) is 9.02. The van der Waals surface area contributed by atoms with Gasteiger partial charge in [-0.05, 0) is 47.0 Å². The molecule has 4 nitrogen and oxygen atoms in total. The first-order valence-electron chi connectivity index (χ1n) is 8.22. The molecule has 2 N–H and O–H groups in total. The predicted octanol–water partition coefficient (Wildman–Crippen LogP) is 4.69. The van der Waals surface area contributed by atoms with E-state index in [0.717, 1.165) is 47.5 Å². The van der Waals surface area contributed by atoms with Gasteiger partial charge in [-0.2, -0.15) is 0 Å². The van der Waals surface area contributed by atoms with Crippen LogP contribution in [-0.2, 0) is 0 Å². The van der Waals surface area contributed by atoms with Gasteiger partial charge in [0.15, 0.2) is 0 Å². The van der Waals surface area contributed by atoms with E-state index in [1.54, 1.807) is 6.33 Å². The Kier molecular flexibility index (Phi) is 6.74. The molecule has 1 aromatic rings. The molecule has 1 saturated carbocycles. The third-order valence-corrected chi connectivity index (χ3v) is 5.18. The largest absolute Gasteiger partial charge is 0.369 e. The van der Waals surface area contributed by atoms with Gasteiger partial charge in [-0.3, -0.25) is 0 Å². The zero-order chi connectivity index (χ0) is 15.1. The van der Waals surface area contributed by atoms with Crippen LogP contribution in [0.2, 0.25) is 0 Å². The zero-order valence-corrected chi connectivity index (χ0v) is 14.7. The van der Waals surface area contributed by atoms with Crippen molar-refractivity contribution in [2.45, 2.75) is 52.4 Å². The first kappa shape index (κ1) is 16.5. The van der Waals surface area contributed by atoms with Gasteiger partial charge < -0.3 is 10.6 Å². The number of rotatable bonds is 7. The molecule has 21 heavy (non-hydrogen) atoms. The minimum absolute atomic E-state index is 0.779. The van der Waals surface area contributed by atoms with E-state index in [-0.39, 0.29) is 0 Å². The molecule has 0 spiro atoms. The number of nitrogens with zero attached hydrogens (tertiary/aromatic N) is 2. The van der Waals surface area contributed by atoms with Crippen LogP contribution in [0.4, 0.5) is 11.6 Å². The fourth-order valence-corrected chi connectivity index (χ4v) is 3.43. The Labute approximate surface area is 136 Å². The second kappa shape index (κ2) is 8.57. The number of hydrogen-bond acceptors (Lipinski definition) is 4. The summed E-state index contributed by atoms with van der Waals surface area (Å²) < 4.78 is 0.945. The van der Waals surface area contributed by atoms with Gasteiger partial charge in [0, 0.05) is 13.1 Å². The number of aromatic nitrogens is 2. The topological polar surface area (TPSA) is 49.8 Å². The summed E-state index contributed by atoms with van der Waals surface area (Å²) in [5.41, 5.74) is 0. The van der Waals surface area contributed by atoms with Crippen LogP contribution >= 0.6 is 15.9 Å². The smallest absolute Gasteiger partial charge is 0.145 e. The molecule has 5 heteroatoms. The van der Waals surface area contributed by atoms with Crippen LogP contribution in [-0.4, -0.2) is 23.1 Å². The van der Waals surface area contributed by atoms with Gasteiger partial charge >= 0.3 is 0 Å². The van der Waals surface area contributed by atoms with Gasteiger partial charge in [0.05, 0.1) is 0 Å². The van der Waals surface area contributed by atoms with Crippen molar-refractivity contribution in [2.75, 3.05) is 23.7 Å². The molecule has 0 aliphatic heterocycles. The van der Waals surface area contributed by atoms with E-state index >= 15 is 0 Å². The van der Waals surface area contributed by atoms with Gasteiger partial charge in [0.2, 0.25) is 0 Å². The van der Waals surface area contributed by atoms with Crippen LogP contribution in [0, 0.1) is 11.8 Å². The average Bonchev–Trinajstić information content (AvgIpc) is 2.53. The highest BCUT2D eigenvalue weighted by Gasteiger charge is 2.20. The summed E-state index contributed by atoms with van der Waals surface area (Å²) in [5.74, 6) is 3.52. The summed E-state index contributed by atoms with van der Waals surface area (Å²) in [6, 6.07) is 0. The van der Waals surface area contributed by atoms with Gasteiger partial charge in [0.1, 0.15) is 22.4 Å². The lowest BCUT2D eigenvalue weighted by molar-refractivity contribution is 0.278. The van der Waals surface area contributed by atoms with Crippen LogP contribution in [0.3, 0.4) is 0 Å². The Morgan fingerprint density at radius 3 is 2.29 bits per heavy atom. The van der Waals surface area contributed by atoms with Gasteiger partial charge in [-0.25, -0.2) is 9.97 Å². The maximum Gasteiger partial charge on any atom is 0.145 e. The van der Waals surface area contributed by atoms with Crippen molar-refractivity contribution in [1.29, 1.82) is 0 Å². The van der Waals surface area contributed by atoms with E-state index in [1.165, 1.54) is 32.1 Å². The fraction of sp³-hybridized carbons (Fsp3) is 0.750. The standard InChI is InChI=1S/C16H27BrN4/c1-3-9-18-15-14(17)16(21-11-20-15)19-10-13-7-5-12(4-2)6-8-13/h11-13H,3-10H2,1-2H3,(H2,18,19,20,21). The van der Waals surface area contributed by atoms with Crippen molar-refractivity contribution < 1.29 is 0 Å². The first-order chi connectivity index (χ1) is 10.2. The molecule has 2 rings (SSSR count). The quantitative estimate of drug-likeness (QED) is 0.745. The van der Waals surface area contributed by atoms with Gasteiger partial charge in [-0.1, -0.05) is 33.1 Å². The molecule has 0 unspecified atom stereocenters. The van der Waals surface area contributed by atoms with Crippen molar-refractivity contribution in [2.24, 2.45) is 11.8 Å². The molecule has 0 aromatic carbocycles. The maximum atomic E-state index is 4.35. The molecule has 1 aliphatic rings. The molecular formula is C16H27BrN4. The van der Waals surface area contributed by atoms with Crippen molar-refractivity contribution in [3.63, 3.8) is 0 Å². The summed E-state index contributed by atoms with van der Waals surface area (Å²) >= 11 is 3.61. The Hall–Kier alpha value is -0.840. The van der Waals surface area contributed by atoms with E-state index < -0.39 is 0 Å². The highest BCUT2D eigenvalue weighted by atomic mass is 79.9. The van der Waals surface area contributed by atoms with Crippen molar-refractivity contribution >= 4 is 27.6 Å². The molecule has 1 aliphatic carbocycles. The second-order valence-corrected chi connectivity index (χ2v) is 6.78. The van der Waals surface area contributed by atoms with Crippen LogP contribution in [0.15, 0.2) is 10.8 Å². The average molecular weight is 355 g/mol. The highest BCUT2D eigenvalue weighted by molar-refractivity contribution is 9.10. The van der Waals surface area contributed by atoms with E-state index in [1.807, 2.05) is 0 Å². The van der Waals surface area contributed by atoms with Gasteiger partial charge in [-0.15, -0.1) is 0 Å². The van der Waals surface area contributed by atoms with Crippen LogP contribution in [0.5, 0.6) is 0 Å². The third kappa shape index (κ3) is 4.83. The maximum absolute atomic E-state index is 4.35. The van der Waals surface area contributed by atoms with Crippen LogP contribution in [0.1, 0.15) is 52.4 Å². The minimum atomic E-state index is 0.779. The minimum Gasteiger partial charge on any atom is -0.369 e. The number of anilines is 2. The lowest BCUT2D eigenvalue weighted by Gasteiger charge is -2.28. The van der Waals surface area contributed by atoms with E-state index in [9.17, 15) is 0 Å². The number of halogens is 1. The predicted molar refractivity (Wildman–Crippen MR) is 92.7 cm³/mol. The molecule has 0 saturated heterocycles. The Morgan fingerprint density at radius 2 is 1.67 bits per heavy atom. The molecule has 1 heterocycles. The van der Waals surface area contributed by atoms with Crippen molar-refractivity contribution in [1.82, 2.24) is 9.97 Å². The van der Waals surface area contributed by atoms with Crippen LogP contribution < -0.4 is 10.6 Å². The molecule has 1 aromatic heterocycles. The molecule has 0 amide bonds. The summed E-state index contributed by atoms with van der Waals surface area (Å²) in [5, 5.41) is 6.81. The third-order valence-electron chi connectivity index (χ3n) is 4.43. The lowest BCUT2D eigenvalue weighted by Crippen LogP contribution is -2.21. The van der Waals surface area contributed by atoms with Crippen molar-refractivity contribution in [3.05, 3.63) is 10.8 Å². The number of nitrogens with one attached hydrogen (secondary N) is 2.